The second-order valence-electron chi connectivity index (χ2n) is 7.88. The molecule has 0 aliphatic heterocycles. The monoisotopic (exact) mass is 411 g/mol. The zero-order valence-electron chi connectivity index (χ0n) is 18.0. The van der Waals surface area contributed by atoms with Crippen molar-refractivity contribution in [2.45, 2.75) is 46.5 Å². The van der Waals surface area contributed by atoms with Crippen LogP contribution < -0.4 is 15.5 Å². The minimum Gasteiger partial charge on any atom is -0.497 e. The molecule has 0 saturated heterocycles. The Morgan fingerprint density at radius 2 is 2.03 bits per heavy atom. The van der Waals surface area contributed by atoms with Crippen molar-refractivity contribution >= 4 is 17.5 Å². The minimum atomic E-state index is -0.318. The average Bonchev–Trinajstić information content (AvgIpc) is 3.09. The Bertz CT molecular complexity index is 959. The van der Waals surface area contributed by atoms with E-state index in [9.17, 15) is 9.59 Å². The lowest BCUT2D eigenvalue weighted by molar-refractivity contribution is 0.0920. The van der Waals surface area contributed by atoms with E-state index in [1.165, 1.54) is 0 Å². The average molecular weight is 412 g/mol. The summed E-state index contributed by atoms with van der Waals surface area (Å²) < 4.78 is 11.0. The first-order valence-corrected chi connectivity index (χ1v) is 10.3. The third kappa shape index (κ3) is 4.90. The highest BCUT2D eigenvalue weighted by Gasteiger charge is 2.28. The fraction of sp³-hybridized carbons (Fsp3) is 0.435. The molecule has 1 aromatic carbocycles. The highest BCUT2D eigenvalue weighted by molar-refractivity contribution is 6.07. The highest BCUT2D eigenvalue weighted by Crippen LogP contribution is 2.30. The molecular formula is C23H29N3O4. The van der Waals surface area contributed by atoms with Gasteiger partial charge in [0.1, 0.15) is 11.5 Å². The fourth-order valence-corrected chi connectivity index (χ4v) is 3.50. The van der Waals surface area contributed by atoms with Gasteiger partial charge in [-0.05, 0) is 50.3 Å². The molecule has 3 rings (SSSR count). The summed E-state index contributed by atoms with van der Waals surface area (Å²) in [4.78, 5) is 25.0. The van der Waals surface area contributed by atoms with Crippen molar-refractivity contribution in [2.75, 3.05) is 13.7 Å². The molecule has 7 heteroatoms. The van der Waals surface area contributed by atoms with Gasteiger partial charge in [0, 0.05) is 29.7 Å². The van der Waals surface area contributed by atoms with E-state index < -0.39 is 0 Å². The molecule has 30 heavy (non-hydrogen) atoms. The number of nitrogens with one attached hydrogen (secondary N) is 2. The van der Waals surface area contributed by atoms with Crippen molar-refractivity contribution in [1.82, 2.24) is 10.7 Å². The van der Waals surface area contributed by atoms with E-state index in [0.29, 0.717) is 36.0 Å². The molecule has 1 aromatic heterocycles. The van der Waals surface area contributed by atoms with Gasteiger partial charge in [0.25, 0.3) is 11.8 Å². The number of hydrogen-bond acceptors (Lipinski definition) is 5. The third-order valence-corrected chi connectivity index (χ3v) is 5.16. The molecule has 0 radical (unpaired) electrons. The molecule has 2 aromatic rings. The number of amides is 2. The second-order valence-corrected chi connectivity index (χ2v) is 7.88. The Morgan fingerprint density at radius 1 is 1.23 bits per heavy atom. The lowest BCUT2D eigenvalue weighted by Gasteiger charge is -2.13. The summed E-state index contributed by atoms with van der Waals surface area (Å²) in [6.07, 6.45) is 3.22. The maximum absolute atomic E-state index is 12.6. The Morgan fingerprint density at radius 3 is 2.77 bits per heavy atom. The van der Waals surface area contributed by atoms with Crippen LogP contribution in [-0.2, 0) is 6.42 Å². The van der Waals surface area contributed by atoms with E-state index in [0.717, 1.165) is 41.9 Å². The highest BCUT2D eigenvalue weighted by atomic mass is 16.5. The van der Waals surface area contributed by atoms with Crippen molar-refractivity contribution in [2.24, 2.45) is 11.0 Å². The topological polar surface area (TPSA) is 92.9 Å². The molecule has 0 saturated carbocycles. The lowest BCUT2D eigenvalue weighted by Crippen LogP contribution is -2.25. The van der Waals surface area contributed by atoms with Gasteiger partial charge in [0.05, 0.1) is 12.8 Å². The van der Waals surface area contributed by atoms with Crippen LogP contribution in [-0.4, -0.2) is 31.2 Å². The molecule has 1 aliphatic rings. The van der Waals surface area contributed by atoms with Gasteiger partial charge in [0.2, 0.25) is 0 Å². The van der Waals surface area contributed by atoms with Crippen LogP contribution in [0.2, 0.25) is 0 Å². The van der Waals surface area contributed by atoms with Gasteiger partial charge in [0.15, 0.2) is 5.76 Å². The number of carbonyl (C=O) groups excluding carboxylic acids is 2. The maximum atomic E-state index is 12.6. The third-order valence-electron chi connectivity index (χ3n) is 5.16. The summed E-state index contributed by atoms with van der Waals surface area (Å²) in [5.41, 5.74) is 5.42. The van der Waals surface area contributed by atoms with Crippen LogP contribution in [0.4, 0.5) is 0 Å². The molecule has 0 bridgehead atoms. The Kier molecular flexibility index (Phi) is 6.92. The maximum Gasteiger partial charge on any atom is 0.287 e. The van der Waals surface area contributed by atoms with Crippen molar-refractivity contribution < 1.29 is 18.7 Å². The van der Waals surface area contributed by atoms with Gasteiger partial charge < -0.3 is 14.5 Å². The first-order chi connectivity index (χ1) is 14.4. The summed E-state index contributed by atoms with van der Waals surface area (Å²) in [5, 5.41) is 7.28. The summed E-state index contributed by atoms with van der Waals surface area (Å²) >= 11 is 0. The van der Waals surface area contributed by atoms with Crippen molar-refractivity contribution in [1.29, 1.82) is 0 Å². The summed E-state index contributed by atoms with van der Waals surface area (Å²) in [6.45, 7) is 6.71. The number of furan rings is 1. The second kappa shape index (κ2) is 9.61. The molecule has 2 N–H and O–H groups in total. The standard InChI is InChI=1S/C23H29N3O4/c1-14(2)11-12-24-23(28)21-15(3)20-18(9-6-10-19(20)30-21)25-26-22(27)16-7-5-8-17(13-16)29-4/h5,7-8,13-14H,6,9-12H2,1-4H3,(H,24,28)(H,26,27)/b25-18+. The van der Waals surface area contributed by atoms with E-state index in [1.54, 1.807) is 31.4 Å². The van der Waals surface area contributed by atoms with Crippen LogP contribution in [0.15, 0.2) is 33.8 Å². The normalized spacial score (nSPS) is 14.5. The van der Waals surface area contributed by atoms with Crippen LogP contribution in [0.1, 0.15) is 70.9 Å². The van der Waals surface area contributed by atoms with E-state index in [1.807, 2.05) is 6.92 Å². The number of ether oxygens (including phenoxy) is 1. The summed E-state index contributed by atoms with van der Waals surface area (Å²) in [5.74, 6) is 1.68. The zero-order valence-corrected chi connectivity index (χ0v) is 18.0. The van der Waals surface area contributed by atoms with E-state index >= 15 is 0 Å². The molecule has 0 unspecified atom stereocenters. The Hall–Kier alpha value is -3.09. The summed E-state index contributed by atoms with van der Waals surface area (Å²) in [7, 11) is 1.55. The first kappa shape index (κ1) is 21.6. The van der Waals surface area contributed by atoms with Gasteiger partial charge in [-0.25, -0.2) is 5.43 Å². The van der Waals surface area contributed by atoms with E-state index in [4.69, 9.17) is 9.15 Å². The molecular weight excluding hydrogens is 382 g/mol. The molecule has 7 nitrogen and oxygen atoms in total. The van der Waals surface area contributed by atoms with Gasteiger partial charge in [-0.15, -0.1) is 0 Å². The van der Waals surface area contributed by atoms with Crippen LogP contribution in [0, 0.1) is 12.8 Å². The zero-order chi connectivity index (χ0) is 21.7. The van der Waals surface area contributed by atoms with Crippen LogP contribution in [0.3, 0.4) is 0 Å². The van der Waals surface area contributed by atoms with Crippen LogP contribution in [0.5, 0.6) is 5.75 Å². The quantitative estimate of drug-likeness (QED) is 0.677. The van der Waals surface area contributed by atoms with Gasteiger partial charge in [-0.3, -0.25) is 9.59 Å². The van der Waals surface area contributed by atoms with Gasteiger partial charge in [-0.2, -0.15) is 5.10 Å². The van der Waals surface area contributed by atoms with Crippen molar-refractivity contribution in [3.63, 3.8) is 0 Å². The van der Waals surface area contributed by atoms with Crippen LogP contribution in [0.25, 0.3) is 0 Å². The number of hydrazone groups is 1. The molecule has 2 amide bonds. The van der Waals surface area contributed by atoms with Crippen molar-refractivity contribution in [3.8, 4) is 5.75 Å². The number of benzene rings is 1. The number of hydrogen-bond donors (Lipinski definition) is 2. The number of methoxy groups -OCH3 is 1. The molecule has 1 aliphatic carbocycles. The number of nitrogens with zero attached hydrogens (tertiary/aromatic N) is 1. The van der Waals surface area contributed by atoms with Gasteiger partial charge in [-0.1, -0.05) is 19.9 Å². The minimum absolute atomic E-state index is 0.206. The molecule has 0 spiro atoms. The molecule has 0 atom stereocenters. The number of aryl methyl sites for hydroxylation is 1. The number of rotatable bonds is 7. The largest absolute Gasteiger partial charge is 0.497 e. The number of carbonyl (C=O) groups is 2. The molecule has 1 heterocycles. The number of fused-ring (bicyclic) bond motifs is 1. The summed E-state index contributed by atoms with van der Waals surface area (Å²) in [6, 6.07) is 6.89. The van der Waals surface area contributed by atoms with E-state index in [-0.39, 0.29) is 11.8 Å². The molecule has 0 fully saturated rings. The molecule has 160 valence electrons. The smallest absolute Gasteiger partial charge is 0.287 e. The first-order valence-electron chi connectivity index (χ1n) is 10.3. The van der Waals surface area contributed by atoms with Crippen LogP contribution >= 0.6 is 0 Å². The Labute approximate surface area is 176 Å². The van der Waals surface area contributed by atoms with Crippen molar-refractivity contribution in [3.05, 3.63) is 52.5 Å². The van der Waals surface area contributed by atoms with Gasteiger partial charge >= 0.3 is 0 Å². The predicted octanol–water partition coefficient (Wildman–Crippen LogP) is 3.84. The fourth-order valence-electron chi connectivity index (χ4n) is 3.50. The predicted molar refractivity (Wildman–Crippen MR) is 115 cm³/mol. The Balaban J connectivity index is 1.77. The SMILES string of the molecule is COc1cccc(C(=O)N/N=C2\CCCc3oc(C(=O)NCCC(C)C)c(C)c32)c1. The van der Waals surface area contributed by atoms with E-state index in [2.05, 4.69) is 29.7 Å². The lowest BCUT2D eigenvalue weighted by atomic mass is 9.93.